The topological polar surface area (TPSA) is 74.7 Å². The fraction of sp³-hybridized carbons (Fsp3) is 0.500. The third-order valence-corrected chi connectivity index (χ3v) is 5.44. The summed E-state index contributed by atoms with van der Waals surface area (Å²) in [6.45, 7) is 3.00. The van der Waals surface area contributed by atoms with Gasteiger partial charge in [0.2, 0.25) is 0 Å². The van der Waals surface area contributed by atoms with Gasteiger partial charge in [-0.15, -0.1) is 0 Å². The van der Waals surface area contributed by atoms with E-state index >= 15 is 0 Å². The van der Waals surface area contributed by atoms with Crippen LogP contribution in [0.3, 0.4) is 0 Å². The minimum absolute atomic E-state index is 0.00328. The van der Waals surface area contributed by atoms with Crippen molar-refractivity contribution in [1.82, 2.24) is 4.90 Å². The molecular weight excluding hydrogens is 278 g/mol. The van der Waals surface area contributed by atoms with Crippen LogP contribution in [0.5, 0.6) is 0 Å². The molecule has 0 spiro atoms. The average molecular weight is 297 g/mol. The average Bonchev–Trinajstić information content (AvgIpc) is 2.33. The summed E-state index contributed by atoms with van der Waals surface area (Å²) in [5.41, 5.74) is 1.75. The lowest BCUT2D eigenvalue weighted by atomic mass is 10.0. The normalized spacial score (nSPS) is 22.6. The van der Waals surface area contributed by atoms with Gasteiger partial charge in [0.05, 0.1) is 17.9 Å². The molecule has 1 heterocycles. The Hall–Kier alpha value is -1.40. The first-order chi connectivity index (χ1) is 9.37. The van der Waals surface area contributed by atoms with E-state index in [2.05, 4.69) is 4.90 Å². The van der Waals surface area contributed by atoms with Gasteiger partial charge in [-0.1, -0.05) is 24.3 Å². The van der Waals surface area contributed by atoms with Crippen molar-refractivity contribution >= 4 is 15.8 Å². The third kappa shape index (κ3) is 3.80. The third-order valence-electron chi connectivity index (χ3n) is 3.64. The first kappa shape index (κ1) is 15.0. The second-order valence-corrected chi connectivity index (χ2v) is 7.50. The maximum absolute atomic E-state index is 11.6. The number of hydrogen-bond donors (Lipinski definition) is 1. The van der Waals surface area contributed by atoms with E-state index in [0.29, 0.717) is 13.1 Å². The molecule has 1 unspecified atom stereocenters. The van der Waals surface area contributed by atoms with E-state index < -0.39 is 15.8 Å². The molecule has 1 saturated heterocycles. The highest BCUT2D eigenvalue weighted by atomic mass is 32.2. The van der Waals surface area contributed by atoms with Gasteiger partial charge in [0, 0.05) is 19.1 Å². The fourth-order valence-corrected chi connectivity index (χ4v) is 4.16. The Bertz CT molecular complexity index is 597. The van der Waals surface area contributed by atoms with Gasteiger partial charge in [0.25, 0.3) is 0 Å². The van der Waals surface area contributed by atoms with E-state index in [1.165, 1.54) is 0 Å². The molecule has 6 heteroatoms. The van der Waals surface area contributed by atoms with Crippen molar-refractivity contribution in [2.45, 2.75) is 25.9 Å². The first-order valence-electron chi connectivity index (χ1n) is 6.60. The molecule has 1 aromatic carbocycles. The fourth-order valence-electron chi connectivity index (χ4n) is 2.53. The van der Waals surface area contributed by atoms with E-state index in [1.54, 1.807) is 0 Å². The zero-order chi connectivity index (χ0) is 14.8. The molecule has 1 fully saturated rings. The van der Waals surface area contributed by atoms with Crippen LogP contribution in [-0.2, 0) is 27.6 Å². The maximum Gasteiger partial charge on any atom is 0.307 e. The number of hydrogen-bond acceptors (Lipinski definition) is 4. The lowest BCUT2D eigenvalue weighted by Crippen LogP contribution is -2.46. The second kappa shape index (κ2) is 5.93. The summed E-state index contributed by atoms with van der Waals surface area (Å²) in [5.74, 6) is -0.501. The molecule has 0 aromatic heterocycles. The Morgan fingerprint density at radius 1 is 1.35 bits per heavy atom. The number of nitrogens with zero attached hydrogens (tertiary/aromatic N) is 1. The molecule has 1 aliphatic rings. The number of rotatable bonds is 4. The molecule has 0 amide bonds. The summed E-state index contributed by atoms with van der Waals surface area (Å²) in [5, 5.41) is 8.92. The largest absolute Gasteiger partial charge is 0.481 e. The van der Waals surface area contributed by atoms with Crippen molar-refractivity contribution in [2.24, 2.45) is 0 Å². The number of benzene rings is 1. The van der Waals surface area contributed by atoms with Crippen molar-refractivity contribution in [3.63, 3.8) is 0 Å². The molecule has 2 rings (SSSR count). The van der Waals surface area contributed by atoms with Gasteiger partial charge < -0.3 is 5.11 Å². The number of carbonyl (C=O) groups is 1. The quantitative estimate of drug-likeness (QED) is 0.895. The molecule has 1 N–H and O–H groups in total. The molecule has 0 saturated carbocycles. The Morgan fingerprint density at radius 2 is 2.00 bits per heavy atom. The summed E-state index contributed by atoms with van der Waals surface area (Å²) < 4.78 is 23.1. The Balaban J connectivity index is 2.12. The molecule has 1 atom stereocenters. The van der Waals surface area contributed by atoms with Crippen molar-refractivity contribution in [1.29, 1.82) is 0 Å². The van der Waals surface area contributed by atoms with Gasteiger partial charge in [-0.05, 0) is 18.1 Å². The number of carboxylic acids is 1. The highest BCUT2D eigenvalue weighted by Gasteiger charge is 2.28. The lowest BCUT2D eigenvalue weighted by molar-refractivity contribution is -0.136. The summed E-state index contributed by atoms with van der Waals surface area (Å²) >= 11 is 0. The molecule has 1 aromatic rings. The van der Waals surface area contributed by atoms with Gasteiger partial charge in [-0.3, -0.25) is 9.69 Å². The molecule has 5 nitrogen and oxygen atoms in total. The van der Waals surface area contributed by atoms with Crippen molar-refractivity contribution in [3.8, 4) is 0 Å². The summed E-state index contributed by atoms with van der Waals surface area (Å²) in [7, 11) is -2.92. The van der Waals surface area contributed by atoms with Crippen molar-refractivity contribution in [3.05, 3.63) is 35.4 Å². The van der Waals surface area contributed by atoms with Gasteiger partial charge >= 0.3 is 5.97 Å². The molecule has 0 bridgehead atoms. The molecule has 0 radical (unpaired) electrons. The van der Waals surface area contributed by atoms with E-state index in [9.17, 15) is 13.2 Å². The zero-order valence-corrected chi connectivity index (χ0v) is 12.3. The molecular formula is C14H19NO4S. The predicted molar refractivity (Wildman–Crippen MR) is 76.3 cm³/mol. The van der Waals surface area contributed by atoms with Crippen LogP contribution in [-0.4, -0.2) is 48.5 Å². The van der Waals surface area contributed by atoms with E-state index in [1.807, 2.05) is 31.2 Å². The molecule has 1 aliphatic heterocycles. The van der Waals surface area contributed by atoms with Crippen LogP contribution in [0.2, 0.25) is 0 Å². The number of aliphatic carboxylic acids is 1. The molecule has 110 valence electrons. The predicted octanol–water partition coefficient (Wildman–Crippen LogP) is 0.933. The summed E-state index contributed by atoms with van der Waals surface area (Å²) in [4.78, 5) is 13.0. The zero-order valence-electron chi connectivity index (χ0n) is 11.4. The minimum Gasteiger partial charge on any atom is -0.481 e. The Labute approximate surface area is 119 Å². The first-order valence-corrected chi connectivity index (χ1v) is 8.42. The van der Waals surface area contributed by atoms with Gasteiger partial charge in [0.1, 0.15) is 0 Å². The number of carboxylic acid groups (broad SMARTS) is 1. The monoisotopic (exact) mass is 297 g/mol. The van der Waals surface area contributed by atoms with E-state index in [-0.39, 0.29) is 24.0 Å². The SMILES string of the molecule is CC1CS(=O)(=O)CCN1Cc1ccccc1CC(=O)O. The lowest BCUT2D eigenvalue weighted by Gasteiger charge is -2.33. The maximum atomic E-state index is 11.6. The van der Waals surface area contributed by atoms with Gasteiger partial charge in [-0.2, -0.15) is 0 Å². The Morgan fingerprint density at radius 3 is 2.60 bits per heavy atom. The summed E-state index contributed by atoms with van der Waals surface area (Å²) in [6, 6.07) is 7.40. The van der Waals surface area contributed by atoms with Crippen LogP contribution >= 0.6 is 0 Å². The van der Waals surface area contributed by atoms with Crippen LogP contribution in [0, 0.1) is 0 Å². The molecule has 0 aliphatic carbocycles. The van der Waals surface area contributed by atoms with Crippen molar-refractivity contribution in [2.75, 3.05) is 18.1 Å². The second-order valence-electron chi connectivity index (χ2n) is 5.27. The minimum atomic E-state index is -2.92. The number of sulfone groups is 1. The highest BCUT2D eigenvalue weighted by Crippen LogP contribution is 2.18. The smallest absolute Gasteiger partial charge is 0.307 e. The van der Waals surface area contributed by atoms with Crippen LogP contribution in [0.25, 0.3) is 0 Å². The Kier molecular flexibility index (Phi) is 4.45. The van der Waals surface area contributed by atoms with Crippen LogP contribution in [0.1, 0.15) is 18.1 Å². The van der Waals surface area contributed by atoms with Crippen LogP contribution in [0.15, 0.2) is 24.3 Å². The van der Waals surface area contributed by atoms with Crippen molar-refractivity contribution < 1.29 is 18.3 Å². The van der Waals surface area contributed by atoms with Gasteiger partial charge in [-0.25, -0.2) is 8.42 Å². The van der Waals surface area contributed by atoms with E-state index in [4.69, 9.17) is 5.11 Å². The van der Waals surface area contributed by atoms with E-state index in [0.717, 1.165) is 11.1 Å². The summed E-state index contributed by atoms with van der Waals surface area (Å²) in [6.07, 6.45) is -0.00328. The molecule has 20 heavy (non-hydrogen) atoms. The van der Waals surface area contributed by atoms with Crippen LogP contribution in [0.4, 0.5) is 0 Å². The standard InChI is InChI=1S/C14H19NO4S/c1-11-10-20(18,19)7-6-15(11)9-13-5-3-2-4-12(13)8-14(16)17/h2-5,11H,6-10H2,1H3,(H,16,17). The highest BCUT2D eigenvalue weighted by molar-refractivity contribution is 7.91. The van der Waals surface area contributed by atoms with Gasteiger partial charge in [0.15, 0.2) is 9.84 Å². The van der Waals surface area contributed by atoms with Crippen LogP contribution < -0.4 is 0 Å².